The molecule has 1 aliphatic rings. The monoisotopic (exact) mass is 488 g/mol. The van der Waals surface area contributed by atoms with Gasteiger partial charge in [0.25, 0.3) is 5.91 Å². The minimum atomic E-state index is -3.90. The van der Waals surface area contributed by atoms with E-state index in [1.807, 2.05) is 0 Å². The molecule has 0 radical (unpaired) electrons. The van der Waals surface area contributed by atoms with Gasteiger partial charge < -0.3 is 21.1 Å². The number of carbonyl (C=O) groups is 3. The lowest BCUT2D eigenvalue weighted by Crippen LogP contribution is -2.35. The number of nitrogens with one attached hydrogen (secondary N) is 2. The van der Waals surface area contributed by atoms with Crippen LogP contribution in [0.3, 0.4) is 0 Å². The number of aromatic nitrogens is 1. The molecule has 4 N–H and O–H groups in total. The molecule has 35 heavy (non-hydrogen) atoms. The molecule has 2 unspecified atom stereocenters. The number of nitrogens with two attached hydrogens (primary N) is 1. The number of alkyl halides is 2. The highest BCUT2D eigenvalue weighted by atomic mass is 19.3. The number of nitrogens with zero attached hydrogens (tertiary/aromatic N) is 1. The van der Waals surface area contributed by atoms with E-state index in [0.29, 0.717) is 36.1 Å². The first-order chi connectivity index (χ1) is 16.3. The number of amides is 3. The summed E-state index contributed by atoms with van der Waals surface area (Å²) in [6.07, 6.45) is 2.55. The van der Waals surface area contributed by atoms with Gasteiger partial charge in [-0.1, -0.05) is 25.5 Å². The van der Waals surface area contributed by atoms with Gasteiger partial charge in [0.05, 0.1) is 11.7 Å². The Morgan fingerprint density at radius 2 is 1.89 bits per heavy atom. The lowest BCUT2D eigenvalue weighted by atomic mass is 9.94. The van der Waals surface area contributed by atoms with Crippen LogP contribution in [0.1, 0.15) is 64.3 Å². The largest absolute Gasteiger partial charge is 0.444 e. The van der Waals surface area contributed by atoms with Crippen LogP contribution in [-0.4, -0.2) is 28.5 Å². The van der Waals surface area contributed by atoms with Gasteiger partial charge in [-0.3, -0.25) is 14.6 Å². The second-order valence-corrected chi connectivity index (χ2v) is 9.69. The SMILES string of the molecule is CC1CCCC(NC(=O)OC(C)(C)C)c2cc(ccn2)-c2ccc(C(F)(F)C(N)=O)cc2NC1=O. The molecule has 8 nitrogen and oxygen atoms in total. The van der Waals surface area contributed by atoms with Gasteiger partial charge in [0.1, 0.15) is 5.60 Å². The van der Waals surface area contributed by atoms with Crippen LogP contribution in [0.15, 0.2) is 36.5 Å². The molecule has 1 aliphatic heterocycles. The van der Waals surface area contributed by atoms with Crippen molar-refractivity contribution in [1.29, 1.82) is 0 Å². The van der Waals surface area contributed by atoms with E-state index in [1.165, 1.54) is 6.07 Å². The number of anilines is 1. The zero-order valence-corrected chi connectivity index (χ0v) is 20.2. The van der Waals surface area contributed by atoms with E-state index >= 15 is 0 Å². The molecular weight excluding hydrogens is 458 g/mol. The summed E-state index contributed by atoms with van der Waals surface area (Å²) in [4.78, 5) is 41.0. The smallest absolute Gasteiger partial charge is 0.408 e. The third-order valence-corrected chi connectivity index (χ3v) is 5.67. The normalized spacial score (nSPS) is 18.9. The van der Waals surface area contributed by atoms with Gasteiger partial charge in [0.2, 0.25) is 5.91 Å². The van der Waals surface area contributed by atoms with Crippen molar-refractivity contribution < 1.29 is 27.9 Å². The predicted octanol–water partition coefficient (Wildman–Crippen LogP) is 4.65. The van der Waals surface area contributed by atoms with Crippen molar-refractivity contribution in [3.8, 4) is 11.1 Å². The molecule has 2 aromatic rings. The van der Waals surface area contributed by atoms with Crippen molar-refractivity contribution in [2.24, 2.45) is 11.7 Å². The number of ether oxygens (including phenoxy) is 1. The van der Waals surface area contributed by atoms with E-state index in [1.54, 1.807) is 46.0 Å². The number of hydrogen-bond donors (Lipinski definition) is 3. The number of benzene rings is 1. The number of rotatable bonds is 3. The highest BCUT2D eigenvalue weighted by molar-refractivity contribution is 5.97. The van der Waals surface area contributed by atoms with Crippen LogP contribution in [0.4, 0.5) is 19.3 Å². The summed E-state index contributed by atoms with van der Waals surface area (Å²) in [5.41, 5.74) is 5.30. The Balaban J connectivity index is 2.08. The Morgan fingerprint density at radius 1 is 1.17 bits per heavy atom. The Labute approximate surface area is 202 Å². The van der Waals surface area contributed by atoms with Crippen molar-refractivity contribution in [2.75, 3.05) is 5.32 Å². The standard InChI is InChI=1S/C25H30F2N4O4/c1-14-6-5-7-18(31-23(34)35-24(2,3)4)20-12-15(10-11-29-20)17-9-8-16(25(26,27)22(28)33)13-19(17)30-21(14)32/h8-14,18H,5-7H2,1-4H3,(H2,28,33)(H,30,32)(H,31,34). The highest BCUT2D eigenvalue weighted by Gasteiger charge is 2.39. The Hall–Kier alpha value is -3.56. The maximum absolute atomic E-state index is 14.3. The van der Waals surface area contributed by atoms with Gasteiger partial charge in [-0.2, -0.15) is 8.78 Å². The second kappa shape index (κ2) is 9.97. The summed E-state index contributed by atoms with van der Waals surface area (Å²) >= 11 is 0. The van der Waals surface area contributed by atoms with E-state index in [4.69, 9.17) is 10.5 Å². The lowest BCUT2D eigenvalue weighted by Gasteiger charge is -2.25. The Kier molecular flexibility index (Phi) is 7.42. The predicted molar refractivity (Wildman–Crippen MR) is 127 cm³/mol. The molecule has 0 fully saturated rings. The molecule has 2 atom stereocenters. The van der Waals surface area contributed by atoms with Crippen LogP contribution < -0.4 is 16.4 Å². The third-order valence-electron chi connectivity index (χ3n) is 5.67. The quantitative estimate of drug-likeness (QED) is 0.580. The van der Waals surface area contributed by atoms with Crippen molar-refractivity contribution in [1.82, 2.24) is 10.3 Å². The van der Waals surface area contributed by atoms with E-state index in [2.05, 4.69) is 15.6 Å². The number of alkyl carbamates (subject to hydrolysis) is 1. The number of carbonyl (C=O) groups excluding carboxylic acids is 3. The molecule has 1 aromatic carbocycles. The number of halogens is 2. The molecule has 0 saturated heterocycles. The van der Waals surface area contributed by atoms with Gasteiger partial charge in [-0.05, 0) is 57.4 Å². The average molecular weight is 489 g/mol. The maximum atomic E-state index is 14.3. The van der Waals surface area contributed by atoms with E-state index < -0.39 is 41.0 Å². The molecule has 3 amide bonds. The highest BCUT2D eigenvalue weighted by Crippen LogP contribution is 2.36. The van der Waals surface area contributed by atoms with E-state index in [-0.39, 0.29) is 11.6 Å². The lowest BCUT2D eigenvalue weighted by molar-refractivity contribution is -0.143. The van der Waals surface area contributed by atoms with Crippen LogP contribution >= 0.6 is 0 Å². The zero-order chi connectivity index (χ0) is 26.0. The van der Waals surface area contributed by atoms with Crippen LogP contribution in [0.2, 0.25) is 0 Å². The fourth-order valence-corrected chi connectivity index (χ4v) is 3.80. The summed E-state index contributed by atoms with van der Waals surface area (Å²) in [7, 11) is 0. The molecule has 0 saturated carbocycles. The average Bonchev–Trinajstić information content (AvgIpc) is 2.76. The Bertz CT molecular complexity index is 1130. The minimum absolute atomic E-state index is 0.120. The van der Waals surface area contributed by atoms with Crippen LogP contribution in [0.25, 0.3) is 11.1 Å². The molecular formula is C25H30F2N4O4. The van der Waals surface area contributed by atoms with Crippen LogP contribution in [0, 0.1) is 5.92 Å². The third kappa shape index (κ3) is 6.32. The zero-order valence-electron chi connectivity index (χ0n) is 20.2. The maximum Gasteiger partial charge on any atom is 0.408 e. The van der Waals surface area contributed by atoms with E-state index in [9.17, 15) is 23.2 Å². The van der Waals surface area contributed by atoms with E-state index in [0.717, 1.165) is 12.1 Å². The van der Waals surface area contributed by atoms with Gasteiger partial charge in [-0.25, -0.2) is 4.79 Å². The number of pyridine rings is 1. The fraction of sp³-hybridized carbons (Fsp3) is 0.440. The van der Waals surface area contributed by atoms with Gasteiger partial charge >= 0.3 is 12.0 Å². The summed E-state index contributed by atoms with van der Waals surface area (Å²) in [6, 6.07) is 6.47. The molecule has 2 heterocycles. The number of primary amides is 1. The molecule has 0 aliphatic carbocycles. The summed E-state index contributed by atoms with van der Waals surface area (Å²) in [6.45, 7) is 7.02. The molecule has 0 spiro atoms. The first-order valence-corrected chi connectivity index (χ1v) is 11.4. The van der Waals surface area contributed by atoms with Crippen molar-refractivity contribution >= 4 is 23.6 Å². The summed E-state index contributed by atoms with van der Waals surface area (Å²) in [5, 5.41) is 5.58. The molecule has 188 valence electrons. The van der Waals surface area contributed by atoms with Crippen molar-refractivity contribution in [3.05, 3.63) is 47.8 Å². The first-order valence-electron chi connectivity index (χ1n) is 11.4. The van der Waals surface area contributed by atoms with Crippen LogP contribution in [-0.2, 0) is 20.2 Å². The number of fused-ring (bicyclic) bond motifs is 4. The van der Waals surface area contributed by atoms with Crippen molar-refractivity contribution in [2.45, 2.75) is 64.5 Å². The van der Waals surface area contributed by atoms with Gasteiger partial charge in [0, 0.05) is 28.9 Å². The van der Waals surface area contributed by atoms with Crippen molar-refractivity contribution in [3.63, 3.8) is 0 Å². The topological polar surface area (TPSA) is 123 Å². The first kappa shape index (κ1) is 26.1. The molecule has 1 aromatic heterocycles. The fourth-order valence-electron chi connectivity index (χ4n) is 3.80. The molecule has 2 bridgehead atoms. The molecule has 3 rings (SSSR count). The second-order valence-electron chi connectivity index (χ2n) is 9.69. The molecule has 10 heteroatoms. The summed E-state index contributed by atoms with van der Waals surface area (Å²) in [5.74, 6) is -6.47. The summed E-state index contributed by atoms with van der Waals surface area (Å²) < 4.78 is 34.0. The minimum Gasteiger partial charge on any atom is -0.444 e. The van der Waals surface area contributed by atoms with Gasteiger partial charge in [-0.15, -0.1) is 0 Å². The van der Waals surface area contributed by atoms with Gasteiger partial charge in [0.15, 0.2) is 0 Å². The Morgan fingerprint density at radius 3 is 2.54 bits per heavy atom. The van der Waals surface area contributed by atoms with Crippen LogP contribution in [0.5, 0.6) is 0 Å². The number of hydrogen-bond acceptors (Lipinski definition) is 5.